The van der Waals surface area contributed by atoms with Gasteiger partial charge in [0.2, 0.25) is 0 Å². The second kappa shape index (κ2) is 3.37. The Morgan fingerprint density at radius 3 is 2.86 bits per heavy atom. The van der Waals surface area contributed by atoms with Crippen LogP contribution >= 0.6 is 0 Å². The Kier molecular flexibility index (Phi) is 2.06. The first-order chi connectivity index (χ1) is 6.75. The third-order valence-corrected chi connectivity index (χ3v) is 1.91. The maximum atomic E-state index is 5.69. The van der Waals surface area contributed by atoms with Crippen molar-refractivity contribution in [1.29, 1.82) is 0 Å². The summed E-state index contributed by atoms with van der Waals surface area (Å²) in [6.45, 7) is 0.594. The van der Waals surface area contributed by atoms with Gasteiger partial charge in [-0.1, -0.05) is 6.07 Å². The molecule has 0 saturated heterocycles. The molecular formula is C9H11N5. The molecule has 0 aliphatic rings. The summed E-state index contributed by atoms with van der Waals surface area (Å²) < 4.78 is 1.72. The number of nitrogens with two attached hydrogens (primary N) is 2. The van der Waals surface area contributed by atoms with E-state index in [2.05, 4.69) is 10.1 Å². The average molecular weight is 189 g/mol. The van der Waals surface area contributed by atoms with E-state index in [1.807, 2.05) is 12.1 Å². The minimum Gasteiger partial charge on any atom is -0.396 e. The highest BCUT2D eigenvalue weighted by atomic mass is 15.3. The van der Waals surface area contributed by atoms with Crippen molar-refractivity contribution in [2.45, 2.75) is 6.54 Å². The van der Waals surface area contributed by atoms with Crippen molar-refractivity contribution in [1.82, 2.24) is 14.8 Å². The van der Waals surface area contributed by atoms with Crippen LogP contribution in [0, 0.1) is 0 Å². The van der Waals surface area contributed by atoms with Gasteiger partial charge in [-0.15, -0.1) is 0 Å². The standard InChI is InChI=1S/C9H11N5/c10-8-4-13-14(6-8)5-7-2-1-3-12-9(7)11/h1-4,6H,5,10H2,(H2,11,12). The number of rotatable bonds is 2. The average Bonchev–Trinajstić information content (AvgIpc) is 2.56. The lowest BCUT2D eigenvalue weighted by molar-refractivity contribution is 0.687. The molecule has 72 valence electrons. The van der Waals surface area contributed by atoms with Crippen molar-refractivity contribution in [2.24, 2.45) is 0 Å². The van der Waals surface area contributed by atoms with Crippen LogP contribution in [0.3, 0.4) is 0 Å². The Hall–Kier alpha value is -2.04. The van der Waals surface area contributed by atoms with Crippen LogP contribution in [0.25, 0.3) is 0 Å². The van der Waals surface area contributed by atoms with Gasteiger partial charge in [0.1, 0.15) is 5.82 Å². The SMILES string of the molecule is Nc1cnn(Cc2cccnc2N)c1. The molecular weight excluding hydrogens is 178 g/mol. The van der Waals surface area contributed by atoms with Crippen LogP contribution in [-0.2, 0) is 6.54 Å². The number of pyridine rings is 1. The van der Waals surface area contributed by atoms with Gasteiger partial charge in [-0.3, -0.25) is 4.68 Å². The molecule has 2 heterocycles. The Labute approximate surface area is 81.4 Å². The van der Waals surface area contributed by atoms with Gasteiger partial charge in [-0.05, 0) is 6.07 Å². The lowest BCUT2D eigenvalue weighted by Gasteiger charge is -2.03. The number of nitrogens with zero attached hydrogens (tertiary/aromatic N) is 3. The molecule has 0 aliphatic carbocycles. The highest BCUT2D eigenvalue weighted by Crippen LogP contribution is 2.09. The van der Waals surface area contributed by atoms with Crippen LogP contribution < -0.4 is 11.5 Å². The largest absolute Gasteiger partial charge is 0.396 e. The van der Waals surface area contributed by atoms with Gasteiger partial charge < -0.3 is 11.5 Å². The topological polar surface area (TPSA) is 82.8 Å². The molecule has 0 aliphatic heterocycles. The molecule has 0 amide bonds. The predicted molar refractivity (Wildman–Crippen MR) is 54.4 cm³/mol. The Bertz CT molecular complexity index is 434. The number of hydrogen-bond acceptors (Lipinski definition) is 4. The van der Waals surface area contributed by atoms with Gasteiger partial charge in [0.05, 0.1) is 18.4 Å². The van der Waals surface area contributed by atoms with Crippen LogP contribution in [-0.4, -0.2) is 14.8 Å². The normalized spacial score (nSPS) is 10.3. The molecule has 0 radical (unpaired) electrons. The fourth-order valence-electron chi connectivity index (χ4n) is 1.23. The van der Waals surface area contributed by atoms with Crippen LogP contribution in [0.1, 0.15) is 5.56 Å². The number of hydrogen-bond donors (Lipinski definition) is 2. The van der Waals surface area contributed by atoms with Gasteiger partial charge >= 0.3 is 0 Å². The van der Waals surface area contributed by atoms with E-state index < -0.39 is 0 Å². The number of aromatic nitrogens is 3. The molecule has 2 aromatic heterocycles. The second-order valence-corrected chi connectivity index (χ2v) is 3.02. The van der Waals surface area contributed by atoms with Gasteiger partial charge in [-0.25, -0.2) is 4.98 Å². The third kappa shape index (κ3) is 1.66. The van der Waals surface area contributed by atoms with E-state index in [9.17, 15) is 0 Å². The third-order valence-electron chi connectivity index (χ3n) is 1.91. The van der Waals surface area contributed by atoms with E-state index in [0.29, 0.717) is 18.1 Å². The molecule has 14 heavy (non-hydrogen) atoms. The fourth-order valence-corrected chi connectivity index (χ4v) is 1.23. The van der Waals surface area contributed by atoms with E-state index in [0.717, 1.165) is 5.56 Å². The lowest BCUT2D eigenvalue weighted by Crippen LogP contribution is -2.04. The van der Waals surface area contributed by atoms with Crippen molar-refractivity contribution in [3.8, 4) is 0 Å². The summed E-state index contributed by atoms with van der Waals surface area (Å²) >= 11 is 0. The van der Waals surface area contributed by atoms with E-state index in [1.54, 1.807) is 23.3 Å². The highest BCUT2D eigenvalue weighted by Gasteiger charge is 2.00. The zero-order valence-corrected chi connectivity index (χ0v) is 7.59. The van der Waals surface area contributed by atoms with Crippen molar-refractivity contribution >= 4 is 11.5 Å². The van der Waals surface area contributed by atoms with Crippen LogP contribution in [0.15, 0.2) is 30.7 Å². The number of anilines is 2. The van der Waals surface area contributed by atoms with Gasteiger partial charge in [0.15, 0.2) is 0 Å². The van der Waals surface area contributed by atoms with Crippen molar-refractivity contribution < 1.29 is 0 Å². The van der Waals surface area contributed by atoms with E-state index in [4.69, 9.17) is 11.5 Å². The van der Waals surface area contributed by atoms with Crippen LogP contribution in [0.5, 0.6) is 0 Å². The van der Waals surface area contributed by atoms with E-state index in [-0.39, 0.29) is 0 Å². The Morgan fingerprint density at radius 1 is 1.36 bits per heavy atom. The monoisotopic (exact) mass is 189 g/mol. The first kappa shape index (κ1) is 8.55. The maximum absolute atomic E-state index is 5.69. The number of nitrogen functional groups attached to an aromatic ring is 2. The van der Waals surface area contributed by atoms with Gasteiger partial charge in [0.25, 0.3) is 0 Å². The summed E-state index contributed by atoms with van der Waals surface area (Å²) in [5.41, 5.74) is 12.8. The maximum Gasteiger partial charge on any atom is 0.128 e. The Morgan fingerprint density at radius 2 is 2.21 bits per heavy atom. The molecule has 0 saturated carbocycles. The smallest absolute Gasteiger partial charge is 0.128 e. The van der Waals surface area contributed by atoms with Crippen LogP contribution in [0.2, 0.25) is 0 Å². The molecule has 2 aromatic rings. The Balaban J connectivity index is 2.23. The predicted octanol–water partition coefficient (Wildman–Crippen LogP) is 0.491. The molecule has 4 N–H and O–H groups in total. The van der Waals surface area contributed by atoms with Crippen LogP contribution in [0.4, 0.5) is 11.5 Å². The van der Waals surface area contributed by atoms with Gasteiger partial charge in [-0.2, -0.15) is 5.10 Å². The summed E-state index contributed by atoms with van der Waals surface area (Å²) in [5.74, 6) is 0.529. The summed E-state index contributed by atoms with van der Waals surface area (Å²) in [6.07, 6.45) is 5.02. The summed E-state index contributed by atoms with van der Waals surface area (Å²) in [4.78, 5) is 3.99. The lowest BCUT2D eigenvalue weighted by atomic mass is 10.2. The molecule has 0 spiro atoms. The highest BCUT2D eigenvalue weighted by molar-refractivity contribution is 5.39. The summed E-state index contributed by atoms with van der Waals surface area (Å²) in [5, 5.41) is 4.06. The van der Waals surface area contributed by atoms with Crippen molar-refractivity contribution in [3.05, 3.63) is 36.3 Å². The molecule has 5 nitrogen and oxygen atoms in total. The minimum atomic E-state index is 0.529. The molecule has 0 unspecified atom stereocenters. The molecule has 2 rings (SSSR count). The van der Waals surface area contributed by atoms with E-state index >= 15 is 0 Å². The van der Waals surface area contributed by atoms with Gasteiger partial charge in [0, 0.05) is 18.0 Å². The first-order valence-corrected chi connectivity index (χ1v) is 4.23. The molecule has 0 fully saturated rings. The zero-order valence-electron chi connectivity index (χ0n) is 7.59. The minimum absolute atomic E-state index is 0.529. The zero-order chi connectivity index (χ0) is 9.97. The molecule has 0 aromatic carbocycles. The second-order valence-electron chi connectivity index (χ2n) is 3.02. The quantitative estimate of drug-likeness (QED) is 0.720. The molecule has 0 bridgehead atoms. The van der Waals surface area contributed by atoms with Crippen molar-refractivity contribution in [2.75, 3.05) is 11.5 Å². The summed E-state index contributed by atoms with van der Waals surface area (Å²) in [7, 11) is 0. The first-order valence-electron chi connectivity index (χ1n) is 4.23. The molecule has 5 heteroatoms. The molecule has 0 atom stereocenters. The summed E-state index contributed by atoms with van der Waals surface area (Å²) in [6, 6.07) is 3.76. The fraction of sp³-hybridized carbons (Fsp3) is 0.111. The van der Waals surface area contributed by atoms with E-state index in [1.165, 1.54) is 0 Å². The van der Waals surface area contributed by atoms with Crippen molar-refractivity contribution in [3.63, 3.8) is 0 Å².